The van der Waals surface area contributed by atoms with E-state index in [4.69, 9.17) is 16.3 Å². The normalized spacial score (nSPS) is 11.7. The van der Waals surface area contributed by atoms with Gasteiger partial charge in [-0.3, -0.25) is 9.59 Å². The number of hydrogen-bond donors (Lipinski definition) is 2. The van der Waals surface area contributed by atoms with Gasteiger partial charge in [0.15, 0.2) is 11.0 Å². The molecule has 9 nitrogen and oxygen atoms in total. The first-order chi connectivity index (χ1) is 17.7. The maximum atomic E-state index is 12.9. The summed E-state index contributed by atoms with van der Waals surface area (Å²) in [6, 6.07) is 13.0. The van der Waals surface area contributed by atoms with Gasteiger partial charge < -0.3 is 19.9 Å². The molecule has 0 unspecified atom stereocenters. The zero-order valence-corrected chi connectivity index (χ0v) is 22.7. The van der Waals surface area contributed by atoms with Crippen LogP contribution in [0.2, 0.25) is 5.02 Å². The molecule has 2 aromatic carbocycles. The lowest BCUT2D eigenvalue weighted by molar-refractivity contribution is -0.113. The van der Waals surface area contributed by atoms with Gasteiger partial charge in [-0.1, -0.05) is 49.3 Å². The highest BCUT2D eigenvalue weighted by Gasteiger charge is 2.24. The Morgan fingerprint density at radius 2 is 1.78 bits per heavy atom. The Morgan fingerprint density at radius 1 is 1.08 bits per heavy atom. The molecule has 196 valence electrons. The number of nitrogens with zero attached hydrogens (tertiary/aromatic N) is 3. The smallest absolute Gasteiger partial charge is 0.338 e. The van der Waals surface area contributed by atoms with Crippen molar-refractivity contribution in [3.8, 4) is 0 Å². The van der Waals surface area contributed by atoms with Crippen molar-refractivity contribution in [2.75, 3.05) is 17.7 Å². The van der Waals surface area contributed by atoms with Gasteiger partial charge in [0.05, 0.1) is 34.6 Å². The summed E-state index contributed by atoms with van der Waals surface area (Å²) in [6.07, 6.45) is 0.648. The molecule has 37 heavy (non-hydrogen) atoms. The first-order valence-corrected chi connectivity index (χ1v) is 13.2. The molecule has 2 amide bonds. The van der Waals surface area contributed by atoms with E-state index in [0.717, 1.165) is 0 Å². The molecule has 11 heteroatoms. The fourth-order valence-electron chi connectivity index (χ4n) is 3.57. The summed E-state index contributed by atoms with van der Waals surface area (Å²) in [4.78, 5) is 37.1. The summed E-state index contributed by atoms with van der Waals surface area (Å²) in [5.74, 6) is 0.0441. The van der Waals surface area contributed by atoms with E-state index >= 15 is 0 Å². The Balaban J connectivity index is 1.63. The van der Waals surface area contributed by atoms with Crippen LogP contribution in [0.5, 0.6) is 0 Å². The summed E-state index contributed by atoms with van der Waals surface area (Å²) in [7, 11) is 1.80. The van der Waals surface area contributed by atoms with E-state index in [2.05, 4.69) is 34.7 Å². The number of carbonyl (C=O) groups excluding carboxylic acids is 3. The standard InChI is InChI=1S/C26H30ClN5O4S/c1-5-36-25(35)17-10-12-18(13-11-17)28-22(33)15-37-26-31-30-23(32(26)4)21(14-16(2)3)29-24(34)19-8-6-7-9-20(19)27/h6-13,16,21H,5,14-15H2,1-4H3,(H,28,33)(H,29,34)/t21-/m1/s1. The number of amides is 2. The number of benzene rings is 2. The molecule has 1 aromatic heterocycles. The Kier molecular flexibility index (Phi) is 10.1. The van der Waals surface area contributed by atoms with E-state index in [9.17, 15) is 14.4 Å². The van der Waals surface area contributed by atoms with Crippen molar-refractivity contribution in [1.82, 2.24) is 20.1 Å². The fraction of sp³-hybridized carbons (Fsp3) is 0.346. The molecule has 0 aliphatic rings. The average Bonchev–Trinajstić information content (AvgIpc) is 3.23. The monoisotopic (exact) mass is 543 g/mol. The van der Waals surface area contributed by atoms with Crippen molar-refractivity contribution in [3.63, 3.8) is 0 Å². The van der Waals surface area contributed by atoms with Gasteiger partial charge in [0.1, 0.15) is 0 Å². The highest BCUT2D eigenvalue weighted by Crippen LogP contribution is 2.25. The molecule has 1 heterocycles. The second kappa shape index (κ2) is 13.3. The predicted molar refractivity (Wildman–Crippen MR) is 144 cm³/mol. The molecule has 2 N–H and O–H groups in total. The number of rotatable bonds is 11. The van der Waals surface area contributed by atoms with Gasteiger partial charge >= 0.3 is 5.97 Å². The van der Waals surface area contributed by atoms with Crippen LogP contribution in [0.3, 0.4) is 0 Å². The Bertz CT molecular complexity index is 1250. The van der Waals surface area contributed by atoms with Crippen LogP contribution in [0.4, 0.5) is 5.69 Å². The molecule has 0 fully saturated rings. The Hall–Kier alpha value is -3.37. The van der Waals surface area contributed by atoms with Crippen LogP contribution in [0, 0.1) is 5.92 Å². The van der Waals surface area contributed by atoms with Gasteiger partial charge in [0.2, 0.25) is 5.91 Å². The summed E-state index contributed by atoms with van der Waals surface area (Å²) >= 11 is 7.43. The number of esters is 1. The number of anilines is 1. The first-order valence-electron chi connectivity index (χ1n) is 11.8. The van der Waals surface area contributed by atoms with Crippen LogP contribution in [-0.4, -0.2) is 44.9 Å². The number of nitrogens with one attached hydrogen (secondary N) is 2. The lowest BCUT2D eigenvalue weighted by Gasteiger charge is -2.20. The highest BCUT2D eigenvalue weighted by atomic mass is 35.5. The van der Waals surface area contributed by atoms with Crippen molar-refractivity contribution in [1.29, 1.82) is 0 Å². The van der Waals surface area contributed by atoms with E-state index in [1.54, 1.807) is 67.1 Å². The van der Waals surface area contributed by atoms with Crippen LogP contribution < -0.4 is 10.6 Å². The number of carbonyl (C=O) groups is 3. The largest absolute Gasteiger partial charge is 0.462 e. The number of halogens is 1. The van der Waals surface area contributed by atoms with Gasteiger partial charge in [0, 0.05) is 12.7 Å². The summed E-state index contributed by atoms with van der Waals surface area (Å²) in [6.45, 7) is 6.16. The molecule has 3 aromatic rings. The third kappa shape index (κ3) is 7.80. The average molecular weight is 544 g/mol. The lowest BCUT2D eigenvalue weighted by atomic mass is 10.0. The predicted octanol–water partition coefficient (Wildman–Crippen LogP) is 4.89. The quantitative estimate of drug-likeness (QED) is 0.261. The molecular weight excluding hydrogens is 514 g/mol. The molecular formula is C26H30ClN5O4S. The van der Waals surface area contributed by atoms with Crippen LogP contribution in [0.1, 0.15) is 59.8 Å². The Morgan fingerprint density at radius 3 is 2.43 bits per heavy atom. The first kappa shape index (κ1) is 28.2. The van der Waals surface area contributed by atoms with Crippen molar-refractivity contribution in [2.24, 2.45) is 13.0 Å². The zero-order valence-electron chi connectivity index (χ0n) is 21.2. The van der Waals surface area contributed by atoms with Crippen LogP contribution in [0.25, 0.3) is 0 Å². The van der Waals surface area contributed by atoms with Crippen molar-refractivity contribution >= 4 is 46.8 Å². The minimum absolute atomic E-state index is 0.104. The third-order valence-corrected chi connectivity index (χ3v) is 6.67. The minimum Gasteiger partial charge on any atom is -0.462 e. The highest BCUT2D eigenvalue weighted by molar-refractivity contribution is 7.99. The number of aromatic nitrogens is 3. The molecule has 0 spiro atoms. The molecule has 1 atom stereocenters. The van der Waals surface area contributed by atoms with Crippen LogP contribution >= 0.6 is 23.4 Å². The molecule has 0 saturated carbocycles. The second-order valence-electron chi connectivity index (χ2n) is 8.67. The molecule has 3 rings (SSSR count). The van der Waals surface area contributed by atoms with Gasteiger partial charge in [-0.05, 0) is 55.7 Å². The minimum atomic E-state index is -0.409. The van der Waals surface area contributed by atoms with E-state index in [1.165, 1.54) is 11.8 Å². The van der Waals surface area contributed by atoms with Crippen LogP contribution in [-0.2, 0) is 16.6 Å². The summed E-state index contributed by atoms with van der Waals surface area (Å²) < 4.78 is 6.75. The van der Waals surface area contributed by atoms with E-state index in [0.29, 0.717) is 45.8 Å². The van der Waals surface area contributed by atoms with Gasteiger partial charge in [-0.15, -0.1) is 10.2 Å². The van der Waals surface area contributed by atoms with Crippen molar-refractivity contribution in [2.45, 2.75) is 38.4 Å². The summed E-state index contributed by atoms with van der Waals surface area (Å²) in [5.41, 5.74) is 1.37. The molecule has 0 aliphatic carbocycles. The van der Waals surface area contributed by atoms with Gasteiger partial charge in [-0.25, -0.2) is 4.79 Å². The second-order valence-corrected chi connectivity index (χ2v) is 10.0. The van der Waals surface area contributed by atoms with E-state index < -0.39 is 5.97 Å². The third-order valence-electron chi connectivity index (χ3n) is 5.32. The van der Waals surface area contributed by atoms with Crippen LogP contribution in [0.15, 0.2) is 53.7 Å². The molecule has 0 radical (unpaired) electrons. The van der Waals surface area contributed by atoms with Gasteiger partial charge in [0.25, 0.3) is 5.91 Å². The molecule has 0 aliphatic heterocycles. The van der Waals surface area contributed by atoms with E-state index in [-0.39, 0.29) is 29.5 Å². The zero-order chi connectivity index (χ0) is 26.9. The number of ether oxygens (including phenoxy) is 1. The fourth-order valence-corrected chi connectivity index (χ4v) is 4.51. The number of thioether (sulfide) groups is 1. The molecule has 0 bridgehead atoms. The van der Waals surface area contributed by atoms with Crippen molar-refractivity contribution < 1.29 is 19.1 Å². The SMILES string of the molecule is CCOC(=O)c1ccc(NC(=O)CSc2nnc([C@@H](CC(C)C)NC(=O)c3ccccc3Cl)n2C)cc1. The van der Waals surface area contributed by atoms with Gasteiger partial charge in [-0.2, -0.15) is 0 Å². The summed E-state index contributed by atoms with van der Waals surface area (Å²) in [5, 5.41) is 15.3. The Labute approximate surface area is 225 Å². The maximum Gasteiger partial charge on any atom is 0.338 e. The molecule has 0 saturated heterocycles. The number of hydrogen-bond acceptors (Lipinski definition) is 7. The topological polar surface area (TPSA) is 115 Å². The maximum absolute atomic E-state index is 12.9. The van der Waals surface area contributed by atoms with Crippen molar-refractivity contribution in [3.05, 3.63) is 70.5 Å². The van der Waals surface area contributed by atoms with E-state index in [1.807, 2.05) is 0 Å². The lowest BCUT2D eigenvalue weighted by Crippen LogP contribution is -2.31.